The second-order valence-electron chi connectivity index (χ2n) is 3.01. The number of nitrogens with zero attached hydrogens (tertiary/aromatic N) is 1. The Kier molecular flexibility index (Phi) is 2.98. The second kappa shape index (κ2) is 4.01. The smallest absolute Gasteiger partial charge is 0.160 e. The Labute approximate surface area is 82.0 Å². The number of rotatable bonds is 2. The van der Waals surface area contributed by atoms with Crippen LogP contribution in [0.2, 0.25) is 0 Å². The summed E-state index contributed by atoms with van der Waals surface area (Å²) < 4.78 is 13.1. The molecule has 0 spiro atoms. The van der Waals surface area contributed by atoms with Crippen LogP contribution in [0.3, 0.4) is 0 Å². The fourth-order valence-corrected chi connectivity index (χ4v) is 1.32. The van der Waals surface area contributed by atoms with Gasteiger partial charge in [-0.05, 0) is 31.0 Å². The molecule has 0 N–H and O–H groups in total. The van der Waals surface area contributed by atoms with Crippen LogP contribution in [0.4, 0.5) is 4.39 Å². The minimum absolute atomic E-state index is 0.0765. The van der Waals surface area contributed by atoms with Gasteiger partial charge in [0.15, 0.2) is 5.78 Å². The predicted octanol–water partition coefficient (Wildman–Crippen LogP) is 2.46. The third-order valence-electron chi connectivity index (χ3n) is 2.07. The van der Waals surface area contributed by atoms with Gasteiger partial charge in [0.2, 0.25) is 0 Å². The number of Topliss-reactive ketones (excluding diaryl/α,β-unsaturated/α-hetero) is 1. The zero-order valence-corrected chi connectivity index (χ0v) is 8.10. The lowest BCUT2D eigenvalue weighted by atomic mass is 9.99. The normalized spacial score (nSPS) is 9.57. The third kappa shape index (κ3) is 1.80. The van der Waals surface area contributed by atoms with Gasteiger partial charge in [0.1, 0.15) is 11.9 Å². The first-order valence-electron chi connectivity index (χ1n) is 4.33. The van der Waals surface area contributed by atoms with E-state index in [0.717, 1.165) is 0 Å². The van der Waals surface area contributed by atoms with Gasteiger partial charge in [0, 0.05) is 5.56 Å². The number of benzene rings is 1. The first kappa shape index (κ1) is 10.4. The summed E-state index contributed by atoms with van der Waals surface area (Å²) in [6, 6.07) is 4.29. The first-order valence-corrected chi connectivity index (χ1v) is 4.33. The van der Waals surface area contributed by atoms with Crippen molar-refractivity contribution >= 4 is 5.78 Å². The molecule has 2 nitrogen and oxygen atoms in total. The summed E-state index contributed by atoms with van der Waals surface area (Å²) in [5.74, 6) is -0.701. The Balaban J connectivity index is 3.42. The predicted molar refractivity (Wildman–Crippen MR) is 50.5 cm³/mol. The van der Waals surface area contributed by atoms with E-state index >= 15 is 0 Å². The summed E-state index contributed by atoms with van der Waals surface area (Å²) in [5.41, 5.74) is 1.01. The number of nitriles is 1. The number of halogens is 1. The summed E-state index contributed by atoms with van der Waals surface area (Å²) in [6.45, 7) is 3.25. The van der Waals surface area contributed by atoms with Crippen LogP contribution in [0, 0.1) is 17.1 Å². The highest BCUT2D eigenvalue weighted by Gasteiger charge is 2.11. The lowest BCUT2D eigenvalue weighted by Gasteiger charge is -2.05. The van der Waals surface area contributed by atoms with Crippen molar-refractivity contribution < 1.29 is 9.18 Å². The topological polar surface area (TPSA) is 40.9 Å². The van der Waals surface area contributed by atoms with Gasteiger partial charge in [0.25, 0.3) is 0 Å². The molecule has 3 heteroatoms. The molecule has 0 aliphatic heterocycles. The van der Waals surface area contributed by atoms with Gasteiger partial charge in [0.05, 0.1) is 5.56 Å². The van der Waals surface area contributed by atoms with Crippen molar-refractivity contribution in [1.82, 2.24) is 0 Å². The molecule has 1 aromatic carbocycles. The van der Waals surface area contributed by atoms with Crippen molar-refractivity contribution in [3.8, 4) is 6.07 Å². The molecule has 0 atom stereocenters. The van der Waals surface area contributed by atoms with E-state index in [0.29, 0.717) is 17.5 Å². The van der Waals surface area contributed by atoms with Crippen molar-refractivity contribution in [2.24, 2.45) is 0 Å². The third-order valence-corrected chi connectivity index (χ3v) is 2.07. The van der Waals surface area contributed by atoms with Crippen LogP contribution in [0.5, 0.6) is 0 Å². The molecule has 0 saturated carbocycles. The molecular formula is C11H10FNO. The van der Waals surface area contributed by atoms with E-state index in [4.69, 9.17) is 5.26 Å². The van der Waals surface area contributed by atoms with E-state index in [9.17, 15) is 9.18 Å². The van der Waals surface area contributed by atoms with Gasteiger partial charge in [-0.15, -0.1) is 0 Å². The van der Waals surface area contributed by atoms with Crippen molar-refractivity contribution in [2.75, 3.05) is 0 Å². The SMILES string of the molecule is CCc1cc(F)c(C#N)cc1C(C)=O. The highest BCUT2D eigenvalue weighted by atomic mass is 19.1. The van der Waals surface area contributed by atoms with E-state index in [1.807, 2.05) is 6.92 Å². The molecular weight excluding hydrogens is 181 g/mol. The molecule has 0 bridgehead atoms. The molecule has 0 heterocycles. The largest absolute Gasteiger partial charge is 0.295 e. The zero-order chi connectivity index (χ0) is 10.7. The summed E-state index contributed by atoms with van der Waals surface area (Å²) in [6.07, 6.45) is 0.581. The number of aryl methyl sites for hydroxylation is 1. The molecule has 0 aromatic heterocycles. The van der Waals surface area contributed by atoms with Crippen molar-refractivity contribution in [2.45, 2.75) is 20.3 Å². The maximum Gasteiger partial charge on any atom is 0.160 e. The maximum atomic E-state index is 13.1. The molecule has 0 unspecified atom stereocenters. The van der Waals surface area contributed by atoms with Crippen LogP contribution in [0.15, 0.2) is 12.1 Å². The quantitative estimate of drug-likeness (QED) is 0.674. The van der Waals surface area contributed by atoms with Gasteiger partial charge in [-0.25, -0.2) is 4.39 Å². The number of carbonyl (C=O) groups excluding carboxylic acids is 1. The van der Waals surface area contributed by atoms with E-state index in [2.05, 4.69) is 0 Å². The average Bonchev–Trinajstić information content (AvgIpc) is 2.16. The second-order valence-corrected chi connectivity index (χ2v) is 3.01. The fraction of sp³-hybridized carbons (Fsp3) is 0.273. The number of carbonyl (C=O) groups is 1. The Morgan fingerprint density at radius 3 is 2.64 bits per heavy atom. The van der Waals surface area contributed by atoms with Gasteiger partial charge in [-0.2, -0.15) is 5.26 Å². The average molecular weight is 191 g/mol. The van der Waals surface area contributed by atoms with Crippen LogP contribution in [0.25, 0.3) is 0 Å². The van der Waals surface area contributed by atoms with E-state index < -0.39 is 5.82 Å². The summed E-state index contributed by atoms with van der Waals surface area (Å²) in [4.78, 5) is 11.2. The van der Waals surface area contributed by atoms with E-state index in [1.54, 1.807) is 6.07 Å². The summed E-state index contributed by atoms with van der Waals surface area (Å²) in [7, 11) is 0. The molecule has 0 aliphatic rings. The molecule has 1 rings (SSSR count). The molecule has 1 aromatic rings. The molecule has 0 saturated heterocycles. The maximum absolute atomic E-state index is 13.1. The molecule has 0 radical (unpaired) electrons. The van der Waals surface area contributed by atoms with Crippen molar-refractivity contribution in [1.29, 1.82) is 5.26 Å². The Bertz CT molecular complexity index is 418. The van der Waals surface area contributed by atoms with Crippen LogP contribution in [-0.2, 0) is 6.42 Å². The van der Waals surface area contributed by atoms with Crippen molar-refractivity contribution in [3.63, 3.8) is 0 Å². The van der Waals surface area contributed by atoms with Crippen LogP contribution >= 0.6 is 0 Å². The first-order chi connectivity index (χ1) is 6.60. The minimum atomic E-state index is -0.561. The van der Waals surface area contributed by atoms with Crippen LogP contribution in [0.1, 0.15) is 35.3 Å². The number of hydrogen-bond acceptors (Lipinski definition) is 2. The van der Waals surface area contributed by atoms with Crippen molar-refractivity contribution in [3.05, 3.63) is 34.6 Å². The van der Waals surface area contributed by atoms with Gasteiger partial charge < -0.3 is 0 Å². The Morgan fingerprint density at radius 2 is 2.21 bits per heavy atom. The fourth-order valence-electron chi connectivity index (χ4n) is 1.32. The van der Waals surface area contributed by atoms with Gasteiger partial charge in [-0.1, -0.05) is 6.92 Å². The Morgan fingerprint density at radius 1 is 1.57 bits per heavy atom. The molecule has 72 valence electrons. The van der Waals surface area contributed by atoms with E-state index in [-0.39, 0.29) is 11.3 Å². The number of ketones is 1. The van der Waals surface area contributed by atoms with E-state index in [1.165, 1.54) is 19.1 Å². The molecule has 0 fully saturated rings. The summed E-state index contributed by atoms with van der Waals surface area (Å²) in [5, 5.41) is 8.59. The van der Waals surface area contributed by atoms with Crippen LogP contribution < -0.4 is 0 Å². The monoisotopic (exact) mass is 191 g/mol. The lowest BCUT2D eigenvalue weighted by Crippen LogP contribution is -2.01. The number of hydrogen-bond donors (Lipinski definition) is 0. The molecule has 0 amide bonds. The highest BCUT2D eigenvalue weighted by molar-refractivity contribution is 5.95. The van der Waals surface area contributed by atoms with Crippen LogP contribution in [-0.4, -0.2) is 5.78 Å². The zero-order valence-electron chi connectivity index (χ0n) is 8.10. The van der Waals surface area contributed by atoms with Gasteiger partial charge in [-0.3, -0.25) is 4.79 Å². The summed E-state index contributed by atoms with van der Waals surface area (Å²) >= 11 is 0. The van der Waals surface area contributed by atoms with Gasteiger partial charge >= 0.3 is 0 Å². The minimum Gasteiger partial charge on any atom is -0.295 e. The lowest BCUT2D eigenvalue weighted by molar-refractivity contribution is 0.101. The standard InChI is InChI=1S/C11H10FNO/c1-3-8-5-11(12)9(6-13)4-10(8)7(2)14/h4-5H,3H2,1-2H3. The Hall–Kier alpha value is -1.69. The molecule has 0 aliphatic carbocycles. The molecule has 14 heavy (non-hydrogen) atoms. The highest BCUT2D eigenvalue weighted by Crippen LogP contribution is 2.16.